The van der Waals surface area contributed by atoms with Crippen LogP contribution in [0.3, 0.4) is 0 Å². The Labute approximate surface area is 266 Å². The van der Waals surface area contributed by atoms with Gasteiger partial charge in [0.2, 0.25) is 0 Å². The summed E-state index contributed by atoms with van der Waals surface area (Å²) in [6.45, 7) is 11.1. The third-order valence-corrected chi connectivity index (χ3v) is 10.1. The number of piperazine rings is 1. The second kappa shape index (κ2) is 14.2. The Kier molecular flexibility index (Phi) is 9.85. The fraction of sp³-hybridized carbons (Fsp3) is 0.588. The molecule has 11 heteroatoms. The lowest BCUT2D eigenvalue weighted by Crippen LogP contribution is -2.54. The lowest BCUT2D eigenvalue weighted by atomic mass is 10.0. The van der Waals surface area contributed by atoms with Gasteiger partial charge in [0.25, 0.3) is 5.91 Å². The van der Waals surface area contributed by atoms with Crippen molar-refractivity contribution in [2.75, 3.05) is 64.2 Å². The van der Waals surface area contributed by atoms with Crippen LogP contribution in [0.5, 0.6) is 0 Å². The molecule has 11 nitrogen and oxygen atoms in total. The van der Waals surface area contributed by atoms with Gasteiger partial charge in [-0.3, -0.25) is 14.7 Å². The Bertz CT molecular complexity index is 1360. The van der Waals surface area contributed by atoms with Gasteiger partial charge in [0.1, 0.15) is 0 Å². The zero-order valence-electron chi connectivity index (χ0n) is 26.7. The maximum atomic E-state index is 13.9. The van der Waals surface area contributed by atoms with E-state index in [4.69, 9.17) is 4.74 Å². The molecule has 45 heavy (non-hydrogen) atoms. The highest BCUT2D eigenvalue weighted by Crippen LogP contribution is 2.26. The van der Waals surface area contributed by atoms with Gasteiger partial charge in [0.05, 0.1) is 0 Å². The summed E-state index contributed by atoms with van der Waals surface area (Å²) in [7, 11) is 0. The Hall–Kier alpha value is -3.70. The number of rotatable bonds is 6. The number of aromatic nitrogens is 1. The van der Waals surface area contributed by atoms with Crippen molar-refractivity contribution in [1.82, 2.24) is 29.9 Å². The Morgan fingerprint density at radius 1 is 0.911 bits per heavy atom. The number of amides is 4. The van der Waals surface area contributed by atoms with Crippen LogP contribution in [0.15, 0.2) is 36.5 Å². The smallest absolute Gasteiger partial charge is 0.410 e. The van der Waals surface area contributed by atoms with E-state index in [2.05, 4.69) is 26.6 Å². The van der Waals surface area contributed by atoms with Crippen LogP contribution < -0.4 is 10.6 Å². The predicted octanol–water partition coefficient (Wildman–Crippen LogP) is 3.20. The minimum Gasteiger partial charge on any atom is -0.436 e. The van der Waals surface area contributed by atoms with Crippen LogP contribution in [0.2, 0.25) is 0 Å². The molecule has 3 fully saturated rings. The van der Waals surface area contributed by atoms with E-state index in [-0.39, 0.29) is 24.4 Å². The van der Waals surface area contributed by atoms with Crippen molar-refractivity contribution in [3.05, 3.63) is 58.9 Å². The van der Waals surface area contributed by atoms with E-state index in [0.29, 0.717) is 51.6 Å². The van der Waals surface area contributed by atoms with E-state index in [1.165, 1.54) is 0 Å². The first kappa shape index (κ1) is 31.3. The van der Waals surface area contributed by atoms with Gasteiger partial charge >= 0.3 is 12.1 Å². The molecule has 0 saturated carbocycles. The number of carbonyl (C=O) groups is 3. The molecule has 4 aliphatic rings. The summed E-state index contributed by atoms with van der Waals surface area (Å²) in [5, 5.41) is 6.47. The molecule has 242 valence electrons. The highest BCUT2D eigenvalue weighted by Gasteiger charge is 2.36. The molecule has 0 aliphatic carbocycles. The zero-order chi connectivity index (χ0) is 31.3. The van der Waals surface area contributed by atoms with Crippen molar-refractivity contribution in [2.45, 2.75) is 70.6 Å². The van der Waals surface area contributed by atoms with E-state index in [0.717, 1.165) is 73.5 Å². The third-order valence-electron chi connectivity index (χ3n) is 10.1. The first-order chi connectivity index (χ1) is 21.9. The quantitative estimate of drug-likeness (QED) is 0.513. The zero-order valence-corrected chi connectivity index (χ0v) is 26.7. The number of hydrogen-bond acceptors (Lipinski definition) is 7. The number of hydrogen-bond donors (Lipinski definition) is 2. The molecule has 2 N–H and O–H groups in total. The molecule has 1 aromatic carbocycles. The molecule has 0 bridgehead atoms. The highest BCUT2D eigenvalue weighted by atomic mass is 16.6. The SMILES string of the molecule is Cc1cnc(C[C@@H](OC(=O)N2CCC(N3CCc4ccccc4NC3=O)CC2)C(=O)N2CCC(N3CCNCC3)CC2)cc1C. The summed E-state index contributed by atoms with van der Waals surface area (Å²) in [6, 6.07) is 10.3. The fourth-order valence-corrected chi connectivity index (χ4v) is 7.16. The summed E-state index contributed by atoms with van der Waals surface area (Å²) in [5.41, 5.74) is 4.92. The average molecular weight is 618 g/mol. The number of benzene rings is 1. The first-order valence-electron chi connectivity index (χ1n) is 16.6. The Morgan fingerprint density at radius 3 is 2.33 bits per heavy atom. The average Bonchev–Trinajstić information content (AvgIpc) is 3.24. The minimum atomic E-state index is -0.935. The van der Waals surface area contributed by atoms with E-state index >= 15 is 0 Å². The van der Waals surface area contributed by atoms with Gasteiger partial charge in [-0.2, -0.15) is 0 Å². The molecular weight excluding hydrogens is 570 g/mol. The molecular formula is C34H47N7O4. The number of urea groups is 1. The van der Waals surface area contributed by atoms with Gasteiger partial charge in [0, 0.05) is 95.0 Å². The van der Waals surface area contributed by atoms with Gasteiger partial charge < -0.3 is 30.1 Å². The second-order valence-electron chi connectivity index (χ2n) is 12.9. The largest absolute Gasteiger partial charge is 0.436 e. The number of aryl methyl sites for hydroxylation is 2. The fourth-order valence-electron chi connectivity index (χ4n) is 7.16. The molecule has 0 radical (unpaired) electrons. The van der Waals surface area contributed by atoms with Crippen LogP contribution in [0, 0.1) is 13.8 Å². The van der Waals surface area contributed by atoms with Crippen LogP contribution in [-0.4, -0.2) is 120 Å². The molecule has 4 aliphatic heterocycles. The summed E-state index contributed by atoms with van der Waals surface area (Å²) in [5.74, 6) is -0.141. The summed E-state index contributed by atoms with van der Waals surface area (Å²) < 4.78 is 6.03. The van der Waals surface area contributed by atoms with E-state index in [1.54, 1.807) is 4.90 Å². The number of fused-ring (bicyclic) bond motifs is 1. The Morgan fingerprint density at radius 2 is 1.60 bits per heavy atom. The topological polar surface area (TPSA) is 110 Å². The number of likely N-dealkylation sites (tertiary alicyclic amines) is 2. The van der Waals surface area contributed by atoms with Crippen molar-refractivity contribution in [2.24, 2.45) is 0 Å². The number of para-hydroxylation sites is 1. The minimum absolute atomic E-state index is 0.0394. The highest BCUT2D eigenvalue weighted by molar-refractivity contribution is 5.91. The standard InChI is InChI=1S/C34H47N7O4/c1-24-21-27(36-23-25(24)2)22-31(32(42)39-14-8-28(9-15-39)38-19-12-35-13-20-38)45-34(44)40-16-10-29(11-17-40)41-18-7-26-5-3-4-6-30(26)37-33(41)43/h3-6,21,23,28-29,31,35H,7-20,22H2,1-2H3,(H,37,43)/t31-/m1/s1. The molecule has 2 aromatic rings. The van der Waals surface area contributed by atoms with Crippen molar-refractivity contribution in [1.29, 1.82) is 0 Å². The number of anilines is 1. The number of carbonyl (C=O) groups excluding carboxylic acids is 3. The lowest BCUT2D eigenvalue weighted by Gasteiger charge is -2.41. The molecule has 0 unspecified atom stereocenters. The number of pyridine rings is 1. The van der Waals surface area contributed by atoms with Gasteiger partial charge in [-0.05, 0) is 74.8 Å². The van der Waals surface area contributed by atoms with Crippen molar-refractivity contribution in [3.8, 4) is 0 Å². The normalized spacial score (nSPS) is 21.1. The van der Waals surface area contributed by atoms with Gasteiger partial charge in [-0.15, -0.1) is 0 Å². The molecule has 3 saturated heterocycles. The maximum Gasteiger partial charge on any atom is 0.410 e. The van der Waals surface area contributed by atoms with E-state index in [1.807, 2.05) is 54.1 Å². The molecule has 6 rings (SSSR count). The molecule has 1 aromatic heterocycles. The van der Waals surface area contributed by atoms with Gasteiger partial charge in [0.15, 0.2) is 6.10 Å². The van der Waals surface area contributed by atoms with E-state index < -0.39 is 12.2 Å². The molecule has 4 amide bonds. The van der Waals surface area contributed by atoms with Crippen LogP contribution in [0.4, 0.5) is 15.3 Å². The van der Waals surface area contributed by atoms with E-state index in [9.17, 15) is 14.4 Å². The number of nitrogens with zero attached hydrogens (tertiary/aromatic N) is 5. The van der Waals surface area contributed by atoms with Crippen molar-refractivity contribution < 1.29 is 19.1 Å². The van der Waals surface area contributed by atoms with Gasteiger partial charge in [-0.25, -0.2) is 9.59 Å². The Balaban J connectivity index is 1.07. The summed E-state index contributed by atoms with van der Waals surface area (Å²) >= 11 is 0. The number of piperidine rings is 2. The van der Waals surface area contributed by atoms with Crippen molar-refractivity contribution in [3.63, 3.8) is 0 Å². The molecule has 0 spiro atoms. The second-order valence-corrected chi connectivity index (χ2v) is 12.9. The first-order valence-corrected chi connectivity index (χ1v) is 16.6. The van der Waals surface area contributed by atoms with Crippen LogP contribution >= 0.6 is 0 Å². The monoisotopic (exact) mass is 617 g/mol. The van der Waals surface area contributed by atoms with Crippen LogP contribution in [-0.2, 0) is 22.4 Å². The molecule has 5 heterocycles. The third kappa shape index (κ3) is 7.41. The van der Waals surface area contributed by atoms with Gasteiger partial charge in [-0.1, -0.05) is 18.2 Å². The van der Waals surface area contributed by atoms with Crippen molar-refractivity contribution >= 4 is 23.7 Å². The summed E-state index contributed by atoms with van der Waals surface area (Å²) in [6.07, 6.45) is 4.62. The van der Waals surface area contributed by atoms with Crippen LogP contribution in [0.1, 0.15) is 48.1 Å². The summed E-state index contributed by atoms with van der Waals surface area (Å²) in [4.78, 5) is 53.0. The van der Waals surface area contributed by atoms with Crippen LogP contribution in [0.25, 0.3) is 0 Å². The lowest BCUT2D eigenvalue weighted by molar-refractivity contribution is -0.142. The number of nitrogens with one attached hydrogen (secondary N) is 2. The maximum absolute atomic E-state index is 13.9. The predicted molar refractivity (Wildman–Crippen MR) is 172 cm³/mol. The molecule has 1 atom stereocenters. The number of ether oxygens (including phenoxy) is 1.